The van der Waals surface area contributed by atoms with Crippen molar-refractivity contribution in [2.75, 3.05) is 43.4 Å². The van der Waals surface area contributed by atoms with Crippen molar-refractivity contribution in [1.29, 1.82) is 0 Å². The van der Waals surface area contributed by atoms with E-state index in [1.165, 1.54) is 10.3 Å². The summed E-state index contributed by atoms with van der Waals surface area (Å²) in [7, 11) is -5.67. The van der Waals surface area contributed by atoms with E-state index in [-0.39, 0.29) is 16.0 Å². The summed E-state index contributed by atoms with van der Waals surface area (Å²) in [4.78, 5) is 14.0. The maximum atomic E-state index is 13.5. The quantitative estimate of drug-likeness (QED) is 0.209. The molecule has 4 aromatic rings. The molecule has 1 atom stereocenters. The lowest BCUT2D eigenvalue weighted by atomic mass is 10.0. The molecule has 1 aliphatic rings. The fourth-order valence-electron chi connectivity index (χ4n) is 5.18. The topological polar surface area (TPSA) is 107 Å². The fourth-order valence-corrected chi connectivity index (χ4v) is 7.52. The van der Waals surface area contributed by atoms with Gasteiger partial charge in [0, 0.05) is 44.7 Å². The van der Waals surface area contributed by atoms with E-state index in [0.717, 1.165) is 42.3 Å². The summed E-state index contributed by atoms with van der Waals surface area (Å²) in [6.07, 6.45) is 3.02. The van der Waals surface area contributed by atoms with Crippen LogP contribution >= 0.6 is 0 Å². The highest BCUT2D eigenvalue weighted by Gasteiger charge is 2.38. The van der Waals surface area contributed by atoms with E-state index in [1.54, 1.807) is 36.5 Å². The number of hydrogen-bond donors (Lipinski definition) is 1. The Morgan fingerprint density at radius 3 is 2.48 bits per heavy atom. The van der Waals surface area contributed by atoms with E-state index in [9.17, 15) is 8.42 Å². The number of aryl methyl sites for hydroxylation is 1. The second-order valence-electron chi connectivity index (χ2n) is 12.6. The van der Waals surface area contributed by atoms with Gasteiger partial charge in [-0.2, -0.15) is 0 Å². The van der Waals surface area contributed by atoms with Crippen LogP contribution in [0, 0.1) is 6.92 Å². The lowest BCUT2D eigenvalue weighted by Crippen LogP contribution is -2.50. The molecule has 1 fully saturated rings. The van der Waals surface area contributed by atoms with Gasteiger partial charge >= 0.3 is 0 Å². The number of aromatic nitrogens is 3. The van der Waals surface area contributed by atoms with Crippen molar-refractivity contribution in [3.8, 4) is 0 Å². The standard InChI is InChI=1S/C31H42N6O3SSi/c1-23-10-12-26(13-11-23)41(38,39)37-15-14-27-29(33-22-34-30(27)37)36-17-16-35(18-19-40-42(5,6)31(2,3)4)28(21-36)24-8-7-9-25(32)20-24/h7-15,20,22,28H,16-19,21,32H2,1-6H3. The molecule has 2 N–H and O–H groups in total. The highest BCUT2D eigenvalue weighted by atomic mass is 32.2. The minimum atomic E-state index is -3.81. The van der Waals surface area contributed by atoms with Crippen LogP contribution in [0.3, 0.4) is 0 Å². The molecular weight excluding hydrogens is 565 g/mol. The van der Waals surface area contributed by atoms with E-state index in [0.29, 0.717) is 24.2 Å². The van der Waals surface area contributed by atoms with Gasteiger partial charge in [-0.05, 0) is 61.0 Å². The Kier molecular flexibility index (Phi) is 8.23. The zero-order chi connectivity index (χ0) is 30.3. The number of nitrogen functional groups attached to an aromatic ring is 1. The number of anilines is 2. The molecule has 3 heterocycles. The van der Waals surface area contributed by atoms with Crippen LogP contribution in [0.1, 0.15) is 37.9 Å². The summed E-state index contributed by atoms with van der Waals surface area (Å²) in [5.41, 5.74) is 9.43. The molecule has 42 heavy (non-hydrogen) atoms. The van der Waals surface area contributed by atoms with Gasteiger partial charge in [0.25, 0.3) is 10.0 Å². The van der Waals surface area contributed by atoms with E-state index < -0.39 is 18.3 Å². The third-order valence-corrected chi connectivity index (χ3v) is 15.0. The number of benzene rings is 2. The van der Waals surface area contributed by atoms with Crippen LogP contribution in [0.15, 0.2) is 72.0 Å². The molecule has 0 bridgehead atoms. The molecule has 0 radical (unpaired) electrons. The Morgan fingerprint density at radius 2 is 1.79 bits per heavy atom. The van der Waals surface area contributed by atoms with Crippen molar-refractivity contribution in [1.82, 2.24) is 18.8 Å². The number of hydrogen-bond acceptors (Lipinski definition) is 8. The van der Waals surface area contributed by atoms with Crippen LogP contribution in [-0.4, -0.2) is 68.4 Å². The molecule has 11 heteroatoms. The molecule has 0 spiro atoms. The highest BCUT2D eigenvalue weighted by Crippen LogP contribution is 2.37. The van der Waals surface area contributed by atoms with Crippen molar-refractivity contribution in [2.45, 2.75) is 56.8 Å². The SMILES string of the molecule is Cc1ccc(S(=O)(=O)n2ccc3c(N4CCN(CCO[Si](C)(C)C(C)(C)C)C(c5cccc(N)c5)C4)ncnc32)cc1. The van der Waals surface area contributed by atoms with E-state index in [2.05, 4.69) is 59.7 Å². The Morgan fingerprint density at radius 1 is 1.05 bits per heavy atom. The van der Waals surface area contributed by atoms with Gasteiger partial charge in [0.2, 0.25) is 0 Å². The van der Waals surface area contributed by atoms with Gasteiger partial charge < -0.3 is 15.1 Å². The number of piperazine rings is 1. The molecule has 1 aliphatic heterocycles. The molecule has 2 aromatic carbocycles. The normalized spacial score (nSPS) is 17.2. The summed E-state index contributed by atoms with van der Waals surface area (Å²) in [6, 6.07) is 16.8. The first-order valence-electron chi connectivity index (χ1n) is 14.4. The van der Waals surface area contributed by atoms with Gasteiger partial charge in [0.05, 0.1) is 16.3 Å². The average molecular weight is 607 g/mol. The number of fused-ring (bicyclic) bond motifs is 1. The number of nitrogens with zero attached hydrogens (tertiary/aromatic N) is 5. The summed E-state index contributed by atoms with van der Waals surface area (Å²) in [5, 5.41) is 0.856. The van der Waals surface area contributed by atoms with E-state index in [1.807, 2.05) is 25.1 Å². The van der Waals surface area contributed by atoms with Gasteiger partial charge in [-0.1, -0.05) is 50.6 Å². The Bertz CT molecular complexity index is 1660. The molecule has 0 amide bonds. The first-order valence-corrected chi connectivity index (χ1v) is 18.8. The van der Waals surface area contributed by atoms with Crippen LogP contribution in [0.5, 0.6) is 0 Å². The predicted octanol–water partition coefficient (Wildman–Crippen LogP) is 5.44. The van der Waals surface area contributed by atoms with E-state index >= 15 is 0 Å². The van der Waals surface area contributed by atoms with Gasteiger partial charge in [0.1, 0.15) is 12.1 Å². The van der Waals surface area contributed by atoms with Crippen LogP contribution in [0.2, 0.25) is 18.1 Å². The maximum absolute atomic E-state index is 13.5. The predicted molar refractivity (Wildman–Crippen MR) is 172 cm³/mol. The van der Waals surface area contributed by atoms with Crippen molar-refractivity contribution in [2.24, 2.45) is 0 Å². The summed E-state index contributed by atoms with van der Waals surface area (Å²) < 4.78 is 34.8. The Labute approximate surface area is 250 Å². The summed E-state index contributed by atoms with van der Waals surface area (Å²) >= 11 is 0. The van der Waals surface area contributed by atoms with Crippen LogP contribution in [-0.2, 0) is 14.4 Å². The second kappa shape index (κ2) is 11.4. The summed E-state index contributed by atoms with van der Waals surface area (Å²) in [5.74, 6) is 0.726. The lowest BCUT2D eigenvalue weighted by molar-refractivity contribution is 0.140. The molecule has 0 aliphatic carbocycles. The monoisotopic (exact) mass is 606 g/mol. The van der Waals surface area contributed by atoms with Crippen molar-refractivity contribution < 1.29 is 12.8 Å². The molecular formula is C31H42N6O3SSi. The zero-order valence-corrected chi connectivity index (χ0v) is 27.2. The largest absolute Gasteiger partial charge is 0.416 e. The average Bonchev–Trinajstić information content (AvgIpc) is 3.38. The Balaban J connectivity index is 1.43. The minimum Gasteiger partial charge on any atom is -0.416 e. The van der Waals surface area contributed by atoms with E-state index in [4.69, 9.17) is 10.2 Å². The zero-order valence-electron chi connectivity index (χ0n) is 25.4. The third-order valence-electron chi connectivity index (χ3n) is 8.74. The van der Waals surface area contributed by atoms with Gasteiger partial charge in [-0.3, -0.25) is 4.90 Å². The van der Waals surface area contributed by atoms with Gasteiger partial charge in [-0.25, -0.2) is 22.4 Å². The molecule has 1 saturated heterocycles. The maximum Gasteiger partial charge on any atom is 0.269 e. The highest BCUT2D eigenvalue weighted by molar-refractivity contribution is 7.90. The lowest BCUT2D eigenvalue weighted by Gasteiger charge is -2.43. The molecule has 1 unspecified atom stereocenters. The van der Waals surface area contributed by atoms with Crippen molar-refractivity contribution >= 4 is 40.9 Å². The summed E-state index contributed by atoms with van der Waals surface area (Å²) in [6.45, 7) is 17.0. The number of rotatable bonds is 8. The molecule has 2 aromatic heterocycles. The van der Waals surface area contributed by atoms with Gasteiger partial charge in [-0.15, -0.1) is 0 Å². The van der Waals surface area contributed by atoms with Crippen molar-refractivity contribution in [3.63, 3.8) is 0 Å². The molecule has 0 saturated carbocycles. The Hall–Kier alpha value is -3.25. The van der Waals surface area contributed by atoms with Crippen LogP contribution in [0.25, 0.3) is 11.0 Å². The smallest absolute Gasteiger partial charge is 0.269 e. The fraction of sp³-hybridized carbons (Fsp3) is 0.419. The van der Waals surface area contributed by atoms with Crippen LogP contribution in [0.4, 0.5) is 11.5 Å². The van der Waals surface area contributed by atoms with Crippen molar-refractivity contribution in [3.05, 3.63) is 78.2 Å². The second-order valence-corrected chi connectivity index (χ2v) is 19.3. The number of nitrogens with two attached hydrogens (primary N) is 1. The van der Waals surface area contributed by atoms with Crippen LogP contribution < -0.4 is 10.6 Å². The minimum absolute atomic E-state index is 0.0636. The van der Waals surface area contributed by atoms with Gasteiger partial charge in [0.15, 0.2) is 14.0 Å². The molecule has 9 nitrogen and oxygen atoms in total. The molecule has 5 rings (SSSR count). The third kappa shape index (κ3) is 5.96. The first-order chi connectivity index (χ1) is 19.8. The molecule has 224 valence electrons. The first kappa shape index (κ1) is 30.2.